The number of carbonyl (C=O) groups is 1. The van der Waals surface area contributed by atoms with Crippen LogP contribution in [0.4, 0.5) is 0 Å². The average Bonchev–Trinajstić information content (AvgIpc) is 2.15. The van der Waals surface area contributed by atoms with E-state index in [2.05, 4.69) is 5.43 Å². The number of nitrogens with two attached hydrogens (primary N) is 1. The predicted molar refractivity (Wildman–Crippen MR) is 64.7 cm³/mol. The molecule has 0 fully saturated rings. The van der Waals surface area contributed by atoms with Crippen molar-refractivity contribution in [1.29, 1.82) is 0 Å². The van der Waals surface area contributed by atoms with Crippen LogP contribution < -0.4 is 11.2 Å². The van der Waals surface area contributed by atoms with E-state index in [0.29, 0.717) is 0 Å². The first kappa shape index (κ1) is 12.7. The fraction of sp³-hybridized carbons (Fsp3) is 0.417. The van der Waals surface area contributed by atoms with Gasteiger partial charge in [-0.2, -0.15) is 0 Å². The monoisotopic (exact) mass is 221 g/mol. The Morgan fingerprint density at radius 1 is 1.38 bits per heavy atom. The molecular formula is C12H19N3O. The van der Waals surface area contributed by atoms with Crippen molar-refractivity contribution in [1.82, 2.24) is 10.4 Å². The van der Waals surface area contributed by atoms with Gasteiger partial charge in [-0.3, -0.25) is 10.2 Å². The molecule has 0 aromatic heterocycles. The Morgan fingerprint density at radius 3 is 2.50 bits per heavy atom. The molecule has 1 unspecified atom stereocenters. The van der Waals surface area contributed by atoms with Gasteiger partial charge in [-0.25, -0.2) is 5.01 Å². The maximum absolute atomic E-state index is 11.7. The number of hydrogen-bond donors (Lipinski definition) is 2. The third-order valence-corrected chi connectivity index (χ3v) is 2.38. The van der Waals surface area contributed by atoms with Crippen LogP contribution in [0.1, 0.15) is 22.7 Å². The molecule has 1 aromatic rings. The first-order valence-corrected chi connectivity index (χ1v) is 5.22. The van der Waals surface area contributed by atoms with Crippen molar-refractivity contribution in [2.24, 2.45) is 5.73 Å². The molecule has 1 amide bonds. The van der Waals surface area contributed by atoms with E-state index in [9.17, 15) is 4.79 Å². The molecule has 1 aromatic carbocycles. The number of hydrogen-bond acceptors (Lipinski definition) is 3. The quantitative estimate of drug-likeness (QED) is 0.745. The maximum Gasteiger partial charge on any atom is 0.255 e. The third kappa shape index (κ3) is 3.05. The molecular weight excluding hydrogens is 202 g/mol. The first-order valence-electron chi connectivity index (χ1n) is 5.22. The van der Waals surface area contributed by atoms with Crippen molar-refractivity contribution < 1.29 is 4.79 Å². The largest absolute Gasteiger partial charge is 0.316 e. The summed E-state index contributed by atoms with van der Waals surface area (Å²) in [5, 5.41) is 1.59. The number of aryl methyl sites for hydroxylation is 2. The minimum Gasteiger partial charge on any atom is -0.316 e. The van der Waals surface area contributed by atoms with Crippen molar-refractivity contribution in [2.75, 3.05) is 14.1 Å². The lowest BCUT2D eigenvalue weighted by atomic mass is 9.99. The molecule has 4 nitrogen and oxygen atoms in total. The summed E-state index contributed by atoms with van der Waals surface area (Å²) in [5.41, 5.74) is 11.6. The Kier molecular flexibility index (Phi) is 4.04. The zero-order valence-electron chi connectivity index (χ0n) is 10.2. The normalized spacial score (nSPS) is 12.6. The molecule has 0 bridgehead atoms. The lowest BCUT2D eigenvalue weighted by Crippen LogP contribution is -2.42. The summed E-state index contributed by atoms with van der Waals surface area (Å²) in [6.45, 7) is 3.98. The van der Waals surface area contributed by atoms with Gasteiger partial charge in [-0.05, 0) is 25.0 Å². The van der Waals surface area contributed by atoms with E-state index < -0.39 is 6.04 Å². The molecule has 16 heavy (non-hydrogen) atoms. The van der Waals surface area contributed by atoms with Gasteiger partial charge in [-0.15, -0.1) is 0 Å². The van der Waals surface area contributed by atoms with Crippen LogP contribution >= 0.6 is 0 Å². The topological polar surface area (TPSA) is 58.4 Å². The van der Waals surface area contributed by atoms with Crippen LogP contribution in [0.15, 0.2) is 18.2 Å². The number of nitrogens with zero attached hydrogens (tertiary/aromatic N) is 1. The number of amides is 1. The van der Waals surface area contributed by atoms with Gasteiger partial charge in [0.15, 0.2) is 0 Å². The van der Waals surface area contributed by atoms with Gasteiger partial charge in [0.25, 0.3) is 5.91 Å². The standard InChI is InChI=1S/C12H19N3O/c1-8-5-6-10(9(2)7-8)11(13)12(16)14-15(3)4/h5-7,11H,13H2,1-4H3,(H,14,16). The molecule has 0 heterocycles. The summed E-state index contributed by atoms with van der Waals surface area (Å²) in [7, 11) is 3.51. The Bertz CT molecular complexity index is 388. The SMILES string of the molecule is Cc1ccc(C(N)C(=O)NN(C)C)c(C)c1. The first-order chi connectivity index (χ1) is 7.41. The smallest absolute Gasteiger partial charge is 0.255 e. The van der Waals surface area contributed by atoms with Gasteiger partial charge < -0.3 is 5.73 Å². The van der Waals surface area contributed by atoms with Crippen molar-refractivity contribution in [3.05, 3.63) is 34.9 Å². The molecule has 0 aliphatic carbocycles. The molecule has 3 N–H and O–H groups in total. The van der Waals surface area contributed by atoms with Crippen molar-refractivity contribution in [3.63, 3.8) is 0 Å². The van der Waals surface area contributed by atoms with Crippen LogP contribution in [0.25, 0.3) is 0 Å². The minimum atomic E-state index is -0.622. The molecule has 1 atom stereocenters. The molecule has 1 rings (SSSR count). The van der Waals surface area contributed by atoms with Crippen LogP contribution in [-0.4, -0.2) is 25.0 Å². The maximum atomic E-state index is 11.7. The van der Waals surface area contributed by atoms with Crippen LogP contribution in [0, 0.1) is 13.8 Å². The van der Waals surface area contributed by atoms with Crippen LogP contribution in [-0.2, 0) is 4.79 Å². The van der Waals surface area contributed by atoms with E-state index in [1.165, 1.54) is 5.56 Å². The zero-order valence-corrected chi connectivity index (χ0v) is 10.2. The molecule has 0 aliphatic heterocycles. The second kappa shape index (κ2) is 5.09. The van der Waals surface area contributed by atoms with E-state index >= 15 is 0 Å². The van der Waals surface area contributed by atoms with Crippen LogP contribution in [0.2, 0.25) is 0 Å². The van der Waals surface area contributed by atoms with Gasteiger partial charge in [0.2, 0.25) is 0 Å². The van der Waals surface area contributed by atoms with Gasteiger partial charge in [0.1, 0.15) is 6.04 Å². The number of rotatable bonds is 3. The highest BCUT2D eigenvalue weighted by Gasteiger charge is 2.17. The fourth-order valence-electron chi connectivity index (χ4n) is 1.61. The molecule has 0 spiro atoms. The number of hydrazine groups is 1. The summed E-state index contributed by atoms with van der Waals surface area (Å²) < 4.78 is 0. The van der Waals surface area contributed by atoms with E-state index in [-0.39, 0.29) is 5.91 Å². The minimum absolute atomic E-state index is 0.197. The summed E-state index contributed by atoms with van der Waals surface area (Å²) in [4.78, 5) is 11.7. The highest BCUT2D eigenvalue weighted by atomic mass is 16.2. The summed E-state index contributed by atoms with van der Waals surface area (Å²) in [5.74, 6) is -0.197. The molecule has 4 heteroatoms. The van der Waals surface area contributed by atoms with Crippen molar-refractivity contribution in [3.8, 4) is 0 Å². The summed E-state index contributed by atoms with van der Waals surface area (Å²) in [6, 6.07) is 5.27. The second-order valence-corrected chi connectivity index (χ2v) is 4.21. The molecule has 0 saturated carbocycles. The molecule has 0 saturated heterocycles. The number of nitrogens with one attached hydrogen (secondary N) is 1. The lowest BCUT2D eigenvalue weighted by Gasteiger charge is -2.18. The van der Waals surface area contributed by atoms with Crippen molar-refractivity contribution >= 4 is 5.91 Å². The van der Waals surface area contributed by atoms with E-state index in [1.54, 1.807) is 19.1 Å². The van der Waals surface area contributed by atoms with E-state index in [4.69, 9.17) is 5.73 Å². The summed E-state index contributed by atoms with van der Waals surface area (Å²) >= 11 is 0. The van der Waals surface area contributed by atoms with Gasteiger partial charge >= 0.3 is 0 Å². The van der Waals surface area contributed by atoms with E-state index in [1.807, 2.05) is 32.0 Å². The number of carbonyl (C=O) groups excluding carboxylic acids is 1. The van der Waals surface area contributed by atoms with Gasteiger partial charge in [0.05, 0.1) is 0 Å². The zero-order chi connectivity index (χ0) is 12.3. The number of benzene rings is 1. The Balaban J connectivity index is 2.87. The van der Waals surface area contributed by atoms with Crippen LogP contribution in [0.3, 0.4) is 0 Å². The Morgan fingerprint density at radius 2 is 2.00 bits per heavy atom. The summed E-state index contributed by atoms with van der Waals surface area (Å²) in [6.07, 6.45) is 0. The Labute approximate surface area is 96.4 Å². The van der Waals surface area contributed by atoms with Crippen molar-refractivity contribution in [2.45, 2.75) is 19.9 Å². The highest BCUT2D eigenvalue weighted by Crippen LogP contribution is 2.17. The average molecular weight is 221 g/mol. The Hall–Kier alpha value is -1.39. The molecule has 88 valence electrons. The van der Waals surface area contributed by atoms with E-state index in [0.717, 1.165) is 11.1 Å². The van der Waals surface area contributed by atoms with Gasteiger partial charge in [0, 0.05) is 14.1 Å². The molecule has 0 aliphatic rings. The second-order valence-electron chi connectivity index (χ2n) is 4.21. The van der Waals surface area contributed by atoms with Gasteiger partial charge in [-0.1, -0.05) is 23.8 Å². The molecule has 0 radical (unpaired) electrons. The highest BCUT2D eigenvalue weighted by molar-refractivity contribution is 5.82. The lowest BCUT2D eigenvalue weighted by molar-refractivity contribution is -0.126. The fourth-order valence-corrected chi connectivity index (χ4v) is 1.61. The predicted octanol–water partition coefficient (Wildman–Crippen LogP) is 0.896. The van der Waals surface area contributed by atoms with Crippen LogP contribution in [0.5, 0.6) is 0 Å². The third-order valence-electron chi connectivity index (χ3n) is 2.38.